The van der Waals surface area contributed by atoms with Crippen molar-refractivity contribution in [1.29, 1.82) is 0 Å². The van der Waals surface area contributed by atoms with Crippen molar-refractivity contribution in [2.45, 2.75) is 116 Å². The number of nitrogens with one attached hydrogen (secondary N) is 1. The van der Waals surface area contributed by atoms with Crippen LogP contribution in [0.3, 0.4) is 0 Å². The summed E-state index contributed by atoms with van der Waals surface area (Å²) in [7, 11) is 0. The van der Waals surface area contributed by atoms with Crippen molar-refractivity contribution in [1.82, 2.24) is 5.32 Å². The molecule has 47 heavy (non-hydrogen) atoms. The van der Waals surface area contributed by atoms with Gasteiger partial charge < -0.3 is 47.9 Å². The number of carbonyl (C=O) groups excluding carboxylic acids is 6. The summed E-state index contributed by atoms with van der Waals surface area (Å²) in [4.78, 5) is 73.9. The Morgan fingerprint density at radius 2 is 1.32 bits per heavy atom. The van der Waals surface area contributed by atoms with Gasteiger partial charge in [-0.25, -0.2) is 0 Å². The first-order valence-corrected chi connectivity index (χ1v) is 14.4. The van der Waals surface area contributed by atoms with Crippen LogP contribution in [0, 0.1) is 0 Å². The third-order valence-corrected chi connectivity index (χ3v) is 6.85. The van der Waals surface area contributed by atoms with Gasteiger partial charge in [-0.15, -0.1) is 0 Å². The van der Waals surface area contributed by atoms with Crippen LogP contribution < -0.4 is 5.32 Å². The minimum atomic E-state index is -1.78. The molecular weight excluding hydrogens is 626 g/mol. The molecule has 260 valence electrons. The van der Waals surface area contributed by atoms with Crippen molar-refractivity contribution < 1.29 is 75.5 Å². The average Bonchev–Trinajstić information content (AvgIpc) is 3.07. The molecule has 0 bridgehead atoms. The lowest BCUT2D eigenvalue weighted by Gasteiger charge is -2.49. The first-order chi connectivity index (χ1) is 23.8. The molecule has 2 saturated heterocycles. The topological polar surface area (TPSA) is 198 Å². The molecule has 0 radical (unpaired) electrons. The van der Waals surface area contributed by atoms with E-state index < -0.39 is 124 Å². The van der Waals surface area contributed by atoms with Crippen LogP contribution >= 0.6 is 0 Å². The normalized spacial score (nSPS) is 31.1. The van der Waals surface area contributed by atoms with Crippen molar-refractivity contribution in [2.24, 2.45) is 0 Å². The highest BCUT2D eigenvalue weighted by molar-refractivity contribution is 5.73. The zero-order valence-corrected chi connectivity index (χ0v) is 26.3. The first-order valence-electron chi connectivity index (χ1n) is 16.6. The van der Waals surface area contributed by atoms with E-state index in [1.54, 1.807) is 30.3 Å². The summed E-state index contributed by atoms with van der Waals surface area (Å²) in [5.74, 6) is -5.42. The number of amides is 1. The molecule has 2 fully saturated rings. The molecule has 0 aromatic heterocycles. The highest BCUT2D eigenvalue weighted by atomic mass is 16.8. The zero-order valence-electron chi connectivity index (χ0n) is 29.3. The number of rotatable bonds is 12. The van der Waals surface area contributed by atoms with Crippen LogP contribution in [0.15, 0.2) is 30.3 Å². The Kier molecular flexibility index (Phi) is 12.0. The van der Waals surface area contributed by atoms with Gasteiger partial charge in [-0.2, -0.15) is 0 Å². The van der Waals surface area contributed by atoms with Gasteiger partial charge in [0.2, 0.25) is 5.91 Å². The maximum absolute atomic E-state index is 12.6. The number of benzene rings is 1. The highest BCUT2D eigenvalue weighted by Gasteiger charge is 2.56. The Hall–Kier alpha value is -4.12. The molecular formula is C31H41NO15. The molecule has 1 N–H and O–H groups in total. The summed E-state index contributed by atoms with van der Waals surface area (Å²) >= 11 is 0. The molecule has 10 atom stereocenters. The molecule has 1 aromatic carbocycles. The fourth-order valence-electron chi connectivity index (χ4n) is 5.13. The van der Waals surface area contributed by atoms with Crippen LogP contribution in [0.1, 0.15) is 58.1 Å². The van der Waals surface area contributed by atoms with Crippen LogP contribution in [0.25, 0.3) is 0 Å². The molecule has 0 saturated carbocycles. The fourth-order valence-corrected chi connectivity index (χ4v) is 5.13. The van der Waals surface area contributed by atoms with E-state index in [2.05, 4.69) is 5.32 Å². The molecule has 0 aliphatic carbocycles. The molecule has 1 amide bonds. The van der Waals surface area contributed by atoms with Crippen LogP contribution in [0.5, 0.6) is 0 Å². The molecule has 2 aliphatic heterocycles. The Bertz CT molecular complexity index is 1340. The molecule has 1 aromatic rings. The largest absolute Gasteiger partial charge is 0.463 e. The number of ether oxygens (including phenoxy) is 9. The number of hydrogen-bond acceptors (Lipinski definition) is 15. The van der Waals surface area contributed by atoms with Gasteiger partial charge >= 0.3 is 29.8 Å². The minimum Gasteiger partial charge on any atom is -0.463 e. The monoisotopic (exact) mass is 670 g/mol. The van der Waals surface area contributed by atoms with E-state index in [9.17, 15) is 28.8 Å². The summed E-state index contributed by atoms with van der Waals surface area (Å²) < 4.78 is 73.8. The van der Waals surface area contributed by atoms with Gasteiger partial charge in [-0.3, -0.25) is 28.8 Å². The lowest BCUT2D eigenvalue weighted by molar-refractivity contribution is -0.344. The second kappa shape index (κ2) is 17.2. The van der Waals surface area contributed by atoms with Crippen LogP contribution in [0.4, 0.5) is 0 Å². The molecule has 16 nitrogen and oxygen atoms in total. The summed E-state index contributed by atoms with van der Waals surface area (Å²) in [6.07, 6.45) is -13.4. The summed E-state index contributed by atoms with van der Waals surface area (Å²) in [6.45, 7) is 1.70. The van der Waals surface area contributed by atoms with E-state index in [0.29, 0.717) is 5.56 Å². The van der Waals surface area contributed by atoms with Crippen molar-refractivity contribution in [3.05, 3.63) is 35.9 Å². The van der Waals surface area contributed by atoms with Crippen LogP contribution in [-0.4, -0.2) is 104 Å². The SMILES string of the molecule is [2H]CC(=O)O[C@@H]1[C@@H](OC(=O)C[2H])[C@@H](OC(=O)C[2H])C(O[C@@H]2[C@@H](NC(C)=O)[C@@H](OCc3ccccc3)O[C@H](COC(C)=O)[C@H]2OC(C)=O)O[C@H]1C. The van der Waals surface area contributed by atoms with Gasteiger partial charge in [0.05, 0.1) is 12.7 Å². The molecule has 16 heteroatoms. The van der Waals surface area contributed by atoms with Gasteiger partial charge in [0.1, 0.15) is 24.9 Å². The standard InChI is InChI=1S/C31H41NO15/c1-15-25(42-18(4)35)28(44-20(6)37)29(45-21(7)38)31(41-15)47-27-24(32-16(2)33)30(40-13-22-11-9-8-10-12-22)46-23(14-39-17(3)34)26(27)43-19(5)36/h8-12,15,23-31H,13-14H2,1-7H3,(H,32,33)/t15-,23+,24+,25-,26+,27+,28+,29+,30-,31?/m0/s1/i4D,6D,7D. The third kappa shape index (κ3) is 11.0. The maximum Gasteiger partial charge on any atom is 0.303 e. The second-order valence-corrected chi connectivity index (χ2v) is 10.6. The summed E-state index contributed by atoms with van der Waals surface area (Å²) in [5.41, 5.74) is 0.716. The predicted molar refractivity (Wildman–Crippen MR) is 156 cm³/mol. The molecule has 0 spiro atoms. The second-order valence-electron chi connectivity index (χ2n) is 10.6. The van der Waals surface area contributed by atoms with Crippen LogP contribution in [0.2, 0.25) is 0 Å². The highest BCUT2D eigenvalue weighted by Crippen LogP contribution is 2.34. The predicted octanol–water partition coefficient (Wildman–Crippen LogP) is 0.853. The zero-order chi connectivity index (χ0) is 37.0. The number of esters is 5. The van der Waals surface area contributed by atoms with Gasteiger partial charge in [0.25, 0.3) is 0 Å². The van der Waals surface area contributed by atoms with Gasteiger partial charge in [0.15, 0.2) is 37.0 Å². The molecule has 1 unspecified atom stereocenters. The van der Waals surface area contributed by atoms with E-state index >= 15 is 0 Å². The Balaban J connectivity index is 2.13. The first kappa shape index (κ1) is 32.8. The van der Waals surface area contributed by atoms with Crippen molar-refractivity contribution in [2.75, 3.05) is 6.61 Å². The minimum absolute atomic E-state index is 0.0400. The van der Waals surface area contributed by atoms with Crippen molar-refractivity contribution in [3.63, 3.8) is 0 Å². The molecule has 2 heterocycles. The fraction of sp³-hybridized carbons (Fsp3) is 0.613. The summed E-state index contributed by atoms with van der Waals surface area (Å²) in [6, 6.07) is 7.59. The van der Waals surface area contributed by atoms with Gasteiger partial charge in [-0.05, 0) is 12.5 Å². The summed E-state index contributed by atoms with van der Waals surface area (Å²) in [5, 5.41) is 2.66. The number of carbonyl (C=O) groups is 6. The van der Waals surface area contributed by atoms with Crippen molar-refractivity contribution in [3.8, 4) is 0 Å². The van der Waals surface area contributed by atoms with Crippen molar-refractivity contribution >= 4 is 35.8 Å². The maximum atomic E-state index is 12.6. The molecule has 2 aliphatic rings. The van der Waals surface area contributed by atoms with Crippen LogP contribution in [-0.2, 0) is 78.0 Å². The van der Waals surface area contributed by atoms with E-state index in [4.69, 9.17) is 46.7 Å². The van der Waals surface area contributed by atoms with Gasteiger partial charge in [0, 0.05) is 45.6 Å². The van der Waals surface area contributed by atoms with E-state index in [1.807, 2.05) is 0 Å². The lowest BCUT2D eigenvalue weighted by Crippen LogP contribution is -2.69. The van der Waals surface area contributed by atoms with E-state index in [1.165, 1.54) is 13.8 Å². The van der Waals surface area contributed by atoms with Gasteiger partial charge in [-0.1, -0.05) is 30.3 Å². The third-order valence-electron chi connectivity index (χ3n) is 6.85. The Morgan fingerprint density at radius 3 is 1.89 bits per heavy atom. The number of hydrogen-bond donors (Lipinski definition) is 1. The Labute approximate surface area is 275 Å². The van der Waals surface area contributed by atoms with E-state index in [0.717, 1.165) is 13.8 Å². The quantitative estimate of drug-likeness (QED) is 0.242. The molecule has 3 rings (SSSR count). The average molecular weight is 671 g/mol. The van der Waals surface area contributed by atoms with E-state index in [-0.39, 0.29) is 6.61 Å². The Morgan fingerprint density at radius 1 is 0.723 bits per heavy atom. The lowest BCUT2D eigenvalue weighted by atomic mass is 9.94. The smallest absolute Gasteiger partial charge is 0.303 e.